The van der Waals surface area contributed by atoms with Crippen molar-refractivity contribution in [2.24, 2.45) is 0 Å². The number of alkyl halides is 1. The third-order valence-corrected chi connectivity index (χ3v) is 4.67. The zero-order valence-electron chi connectivity index (χ0n) is 11.3. The fourth-order valence-electron chi connectivity index (χ4n) is 1.99. The molecule has 0 amide bonds. The van der Waals surface area contributed by atoms with E-state index in [0.717, 1.165) is 31.9 Å². The molecule has 0 aliphatic heterocycles. The molecule has 4 heteroatoms. The Morgan fingerprint density at radius 1 is 1.25 bits per heavy atom. The van der Waals surface area contributed by atoms with Gasteiger partial charge in [0.05, 0.1) is 16.5 Å². The quantitative estimate of drug-likeness (QED) is 0.585. The molecule has 0 aliphatic rings. The maximum atomic E-state index is 6.56. The smallest absolute Gasteiger partial charge is 0.133 e. The predicted octanol–water partition coefficient (Wildman–Crippen LogP) is 6.14. The van der Waals surface area contributed by atoms with Gasteiger partial charge >= 0.3 is 0 Å². The van der Waals surface area contributed by atoms with Crippen LogP contribution in [0.25, 0.3) is 0 Å². The Labute approximate surface area is 138 Å². The van der Waals surface area contributed by atoms with Gasteiger partial charge < -0.3 is 4.74 Å². The molecule has 0 aliphatic carbocycles. The minimum absolute atomic E-state index is 0.283. The monoisotopic (exact) mass is 372 g/mol. The minimum atomic E-state index is -0.283. The third kappa shape index (κ3) is 3.30. The Hall–Kier alpha value is -0.700. The third-order valence-electron chi connectivity index (χ3n) is 3.04. The Morgan fingerprint density at radius 3 is 2.65 bits per heavy atom. The van der Waals surface area contributed by atoms with Gasteiger partial charge in [-0.05, 0) is 58.6 Å². The maximum Gasteiger partial charge on any atom is 0.133 e. The molecule has 1 nitrogen and oxygen atoms in total. The normalized spacial score (nSPS) is 12.2. The predicted molar refractivity (Wildman–Crippen MR) is 89.2 cm³/mol. The van der Waals surface area contributed by atoms with Gasteiger partial charge in [-0.15, -0.1) is 11.6 Å². The van der Waals surface area contributed by atoms with Gasteiger partial charge in [0.25, 0.3) is 0 Å². The molecule has 0 bridgehead atoms. The Kier molecular flexibility index (Phi) is 5.36. The molecule has 106 valence electrons. The number of rotatable bonds is 4. The van der Waals surface area contributed by atoms with Crippen molar-refractivity contribution in [1.82, 2.24) is 0 Å². The summed E-state index contributed by atoms with van der Waals surface area (Å²) >= 11 is 16.4. The van der Waals surface area contributed by atoms with Gasteiger partial charge in [-0.25, -0.2) is 0 Å². The van der Waals surface area contributed by atoms with Crippen LogP contribution in [0.15, 0.2) is 40.9 Å². The summed E-state index contributed by atoms with van der Waals surface area (Å²) in [6, 6.07) is 11.8. The van der Waals surface area contributed by atoms with Crippen LogP contribution >= 0.6 is 39.1 Å². The number of hydrogen-bond donors (Lipinski definition) is 0. The summed E-state index contributed by atoms with van der Waals surface area (Å²) in [5, 5.41) is 0.437. The lowest BCUT2D eigenvalue weighted by Gasteiger charge is -2.15. The van der Waals surface area contributed by atoms with Gasteiger partial charge in [0.1, 0.15) is 5.75 Å². The largest absolute Gasteiger partial charge is 0.493 e. The second-order valence-corrected chi connectivity index (χ2v) is 6.13. The van der Waals surface area contributed by atoms with E-state index >= 15 is 0 Å². The van der Waals surface area contributed by atoms with E-state index in [0.29, 0.717) is 6.61 Å². The number of benzene rings is 2. The van der Waals surface area contributed by atoms with Crippen LogP contribution in [-0.2, 0) is 0 Å². The van der Waals surface area contributed by atoms with Crippen molar-refractivity contribution in [2.75, 3.05) is 6.61 Å². The molecule has 20 heavy (non-hydrogen) atoms. The van der Waals surface area contributed by atoms with E-state index in [4.69, 9.17) is 27.9 Å². The molecule has 0 spiro atoms. The molecule has 0 saturated heterocycles. The van der Waals surface area contributed by atoms with E-state index in [1.165, 1.54) is 0 Å². The highest BCUT2D eigenvalue weighted by Gasteiger charge is 2.16. The Balaban J connectivity index is 2.36. The van der Waals surface area contributed by atoms with Crippen LogP contribution in [0, 0.1) is 6.92 Å². The van der Waals surface area contributed by atoms with Crippen molar-refractivity contribution in [1.29, 1.82) is 0 Å². The first-order valence-corrected chi connectivity index (χ1v) is 7.96. The van der Waals surface area contributed by atoms with Gasteiger partial charge in [0.15, 0.2) is 0 Å². The van der Waals surface area contributed by atoms with Crippen LogP contribution in [0.5, 0.6) is 5.75 Å². The Morgan fingerprint density at radius 2 is 2.00 bits per heavy atom. The van der Waals surface area contributed by atoms with E-state index in [1.807, 2.05) is 50.2 Å². The highest BCUT2D eigenvalue weighted by Crippen LogP contribution is 2.37. The van der Waals surface area contributed by atoms with Crippen molar-refractivity contribution in [3.63, 3.8) is 0 Å². The van der Waals surface area contributed by atoms with E-state index in [-0.39, 0.29) is 5.38 Å². The fraction of sp³-hybridized carbons (Fsp3) is 0.250. The second kappa shape index (κ2) is 6.84. The molecule has 0 radical (unpaired) electrons. The average Bonchev–Trinajstić information content (AvgIpc) is 2.43. The van der Waals surface area contributed by atoms with E-state index in [1.54, 1.807) is 0 Å². The van der Waals surface area contributed by atoms with Crippen molar-refractivity contribution in [3.8, 4) is 5.75 Å². The molecular weight excluding hydrogens is 359 g/mol. The Bertz CT molecular complexity index is 613. The number of halogens is 3. The molecule has 1 unspecified atom stereocenters. The molecule has 0 saturated carbocycles. The highest BCUT2D eigenvalue weighted by molar-refractivity contribution is 9.10. The summed E-state index contributed by atoms with van der Waals surface area (Å²) in [6.45, 7) is 4.56. The standard InChI is InChI=1S/C16H15BrCl2O/c1-3-20-14-8-7-11(9-13(14)17)16(19)12-6-4-5-10(2)15(12)18/h4-9,16H,3H2,1-2H3. The van der Waals surface area contributed by atoms with Crippen molar-refractivity contribution >= 4 is 39.1 Å². The summed E-state index contributed by atoms with van der Waals surface area (Å²) in [4.78, 5) is 0. The van der Waals surface area contributed by atoms with Crippen molar-refractivity contribution in [3.05, 3.63) is 62.6 Å². The maximum absolute atomic E-state index is 6.56. The SMILES string of the molecule is CCOc1ccc(C(Cl)c2cccc(C)c2Cl)cc1Br. The molecule has 0 fully saturated rings. The van der Waals surface area contributed by atoms with Gasteiger partial charge in [0.2, 0.25) is 0 Å². The average molecular weight is 374 g/mol. The zero-order chi connectivity index (χ0) is 14.7. The summed E-state index contributed by atoms with van der Waals surface area (Å²) in [5.74, 6) is 0.815. The summed E-state index contributed by atoms with van der Waals surface area (Å²) < 4.78 is 6.40. The first kappa shape index (κ1) is 15.7. The second-order valence-electron chi connectivity index (χ2n) is 4.46. The molecule has 1 atom stereocenters. The summed E-state index contributed by atoms with van der Waals surface area (Å²) in [7, 11) is 0. The van der Waals surface area contributed by atoms with Gasteiger partial charge in [-0.1, -0.05) is 35.9 Å². The minimum Gasteiger partial charge on any atom is -0.493 e. The first-order valence-electron chi connectivity index (χ1n) is 6.36. The zero-order valence-corrected chi connectivity index (χ0v) is 14.4. The van der Waals surface area contributed by atoms with Crippen LogP contribution in [0.1, 0.15) is 29.0 Å². The fourth-order valence-corrected chi connectivity index (χ4v) is 3.11. The molecule has 2 aromatic rings. The van der Waals surface area contributed by atoms with E-state index in [9.17, 15) is 0 Å². The number of hydrogen-bond acceptors (Lipinski definition) is 1. The van der Waals surface area contributed by atoms with E-state index in [2.05, 4.69) is 15.9 Å². The van der Waals surface area contributed by atoms with Crippen molar-refractivity contribution < 1.29 is 4.74 Å². The molecule has 2 rings (SSSR count). The van der Waals surface area contributed by atoms with Gasteiger partial charge in [-0.3, -0.25) is 0 Å². The van der Waals surface area contributed by atoms with Crippen LogP contribution < -0.4 is 4.74 Å². The van der Waals surface area contributed by atoms with Crippen LogP contribution in [0.3, 0.4) is 0 Å². The summed E-state index contributed by atoms with van der Waals surface area (Å²) in [6.07, 6.45) is 0. The van der Waals surface area contributed by atoms with Crippen molar-refractivity contribution in [2.45, 2.75) is 19.2 Å². The molecule has 0 heterocycles. The van der Waals surface area contributed by atoms with Gasteiger partial charge in [-0.2, -0.15) is 0 Å². The number of ether oxygens (including phenoxy) is 1. The lowest BCUT2D eigenvalue weighted by molar-refractivity contribution is 0.338. The molecule has 2 aromatic carbocycles. The first-order chi connectivity index (χ1) is 9.54. The highest BCUT2D eigenvalue weighted by atomic mass is 79.9. The lowest BCUT2D eigenvalue weighted by atomic mass is 10.0. The van der Waals surface area contributed by atoms with Gasteiger partial charge in [0, 0.05) is 5.02 Å². The lowest BCUT2D eigenvalue weighted by Crippen LogP contribution is -1.98. The summed E-state index contributed by atoms with van der Waals surface area (Å²) in [5.41, 5.74) is 2.93. The van der Waals surface area contributed by atoms with Crippen LogP contribution in [0.2, 0.25) is 5.02 Å². The molecule has 0 N–H and O–H groups in total. The van der Waals surface area contributed by atoms with E-state index < -0.39 is 0 Å². The number of aryl methyl sites for hydroxylation is 1. The van der Waals surface area contributed by atoms with Crippen LogP contribution in [-0.4, -0.2) is 6.61 Å². The molecule has 0 aromatic heterocycles. The topological polar surface area (TPSA) is 9.23 Å². The van der Waals surface area contributed by atoms with Crippen LogP contribution in [0.4, 0.5) is 0 Å². The molecular formula is C16H15BrCl2O.